The molecule has 1 atom stereocenters. The molecule has 0 bridgehead atoms. The van der Waals surface area contributed by atoms with Crippen molar-refractivity contribution in [1.82, 2.24) is 4.98 Å². The summed E-state index contributed by atoms with van der Waals surface area (Å²) in [6, 6.07) is 19.4. The summed E-state index contributed by atoms with van der Waals surface area (Å²) in [5, 5.41) is 1.11. The van der Waals surface area contributed by atoms with Gasteiger partial charge in [-0.15, -0.1) is 0 Å². The molecule has 4 rings (SSSR count). The molecular formula is C20H15NO3. The van der Waals surface area contributed by atoms with Crippen molar-refractivity contribution in [2.45, 2.75) is 12.7 Å². The Morgan fingerprint density at radius 2 is 1.83 bits per heavy atom. The Labute approximate surface area is 139 Å². The van der Waals surface area contributed by atoms with Gasteiger partial charge in [0.05, 0.1) is 17.5 Å². The lowest BCUT2D eigenvalue weighted by Gasteiger charge is -2.11. The van der Waals surface area contributed by atoms with Crippen LogP contribution in [-0.2, 0) is 16.1 Å². The number of fused-ring (bicyclic) bond motifs is 1. The average molecular weight is 317 g/mol. The van der Waals surface area contributed by atoms with Gasteiger partial charge in [-0.2, -0.15) is 0 Å². The minimum atomic E-state index is -0.527. The first-order chi connectivity index (χ1) is 11.8. The van der Waals surface area contributed by atoms with Crippen LogP contribution in [0.25, 0.3) is 10.9 Å². The molecule has 0 aliphatic carbocycles. The third-order valence-electron chi connectivity index (χ3n) is 3.93. The molecule has 4 nitrogen and oxygen atoms in total. The Kier molecular flexibility index (Phi) is 3.71. The molecule has 0 N–H and O–H groups in total. The van der Waals surface area contributed by atoms with Crippen molar-refractivity contribution in [2.24, 2.45) is 0 Å². The van der Waals surface area contributed by atoms with E-state index in [1.165, 1.54) is 12.3 Å². The van der Waals surface area contributed by atoms with Crippen LogP contribution in [0, 0.1) is 0 Å². The Morgan fingerprint density at radius 3 is 2.62 bits per heavy atom. The summed E-state index contributed by atoms with van der Waals surface area (Å²) in [5.74, 6) is 0.691. The monoisotopic (exact) mass is 317 g/mol. The number of carbonyl (C=O) groups is 1. The third-order valence-corrected chi connectivity index (χ3v) is 3.93. The second-order valence-electron chi connectivity index (χ2n) is 5.57. The summed E-state index contributed by atoms with van der Waals surface area (Å²) in [6.45, 7) is 0.393. The van der Waals surface area contributed by atoms with Crippen LogP contribution < -0.4 is 4.74 Å². The van der Waals surface area contributed by atoms with Gasteiger partial charge < -0.3 is 9.47 Å². The lowest BCUT2D eigenvalue weighted by molar-refractivity contribution is -0.120. The van der Waals surface area contributed by atoms with Crippen molar-refractivity contribution in [1.29, 1.82) is 0 Å². The molecular weight excluding hydrogens is 302 g/mol. The summed E-state index contributed by atoms with van der Waals surface area (Å²) in [5.41, 5.74) is 2.65. The first kappa shape index (κ1) is 14.5. The molecule has 0 radical (unpaired) electrons. The summed E-state index contributed by atoms with van der Waals surface area (Å²) < 4.78 is 11.1. The van der Waals surface area contributed by atoms with Crippen molar-refractivity contribution in [3.63, 3.8) is 0 Å². The second kappa shape index (κ2) is 6.16. The van der Waals surface area contributed by atoms with Crippen LogP contribution in [0.15, 0.2) is 73.0 Å². The first-order valence-corrected chi connectivity index (χ1v) is 7.73. The Morgan fingerprint density at radius 1 is 1.00 bits per heavy atom. The fourth-order valence-electron chi connectivity index (χ4n) is 2.67. The van der Waals surface area contributed by atoms with E-state index in [1.54, 1.807) is 0 Å². The van der Waals surface area contributed by atoms with Crippen LogP contribution >= 0.6 is 0 Å². The number of benzene rings is 2. The maximum atomic E-state index is 11.6. The van der Waals surface area contributed by atoms with Gasteiger partial charge in [0, 0.05) is 17.0 Å². The van der Waals surface area contributed by atoms with Crippen molar-refractivity contribution >= 4 is 16.7 Å². The van der Waals surface area contributed by atoms with Crippen LogP contribution in [0.3, 0.4) is 0 Å². The topological polar surface area (TPSA) is 48.4 Å². The number of hydrogen-bond donors (Lipinski definition) is 0. The van der Waals surface area contributed by atoms with Crippen molar-refractivity contribution in [3.8, 4) is 5.75 Å². The highest BCUT2D eigenvalue weighted by Gasteiger charge is 2.23. The Balaban J connectivity index is 1.44. The van der Waals surface area contributed by atoms with E-state index in [0.29, 0.717) is 6.61 Å². The summed E-state index contributed by atoms with van der Waals surface area (Å²) in [4.78, 5) is 16.2. The Hall–Kier alpha value is -3.14. The highest BCUT2D eigenvalue weighted by atomic mass is 16.5. The van der Waals surface area contributed by atoms with E-state index in [0.717, 1.165) is 27.9 Å². The zero-order valence-corrected chi connectivity index (χ0v) is 12.9. The number of para-hydroxylation sites is 1. The SMILES string of the molecule is O=C1C=COC1c1ccc(OCc2ccc3ccccc3n2)cc1. The summed E-state index contributed by atoms with van der Waals surface area (Å²) in [6.07, 6.45) is 2.35. The maximum absolute atomic E-state index is 11.6. The normalized spacial score (nSPS) is 16.3. The molecule has 4 heteroatoms. The number of aromatic nitrogens is 1. The fourth-order valence-corrected chi connectivity index (χ4v) is 2.67. The summed E-state index contributed by atoms with van der Waals surface area (Å²) >= 11 is 0. The lowest BCUT2D eigenvalue weighted by atomic mass is 10.1. The van der Waals surface area contributed by atoms with Gasteiger partial charge in [-0.1, -0.05) is 36.4 Å². The molecule has 24 heavy (non-hydrogen) atoms. The van der Waals surface area contributed by atoms with E-state index >= 15 is 0 Å². The number of ketones is 1. The Bertz CT molecular complexity index is 916. The number of nitrogens with zero attached hydrogens (tertiary/aromatic N) is 1. The van der Waals surface area contributed by atoms with E-state index in [-0.39, 0.29) is 5.78 Å². The first-order valence-electron chi connectivity index (χ1n) is 7.73. The van der Waals surface area contributed by atoms with Crippen molar-refractivity contribution < 1.29 is 14.3 Å². The van der Waals surface area contributed by atoms with Gasteiger partial charge in [-0.25, -0.2) is 4.98 Å². The largest absolute Gasteiger partial charge is 0.487 e. The van der Waals surface area contributed by atoms with Crippen LogP contribution in [0.2, 0.25) is 0 Å². The van der Waals surface area contributed by atoms with Crippen molar-refractivity contribution in [3.05, 3.63) is 84.3 Å². The molecule has 3 aromatic rings. The van der Waals surface area contributed by atoms with E-state index in [2.05, 4.69) is 4.98 Å². The molecule has 1 aliphatic heterocycles. The summed E-state index contributed by atoms with van der Waals surface area (Å²) in [7, 11) is 0. The molecule has 0 amide bonds. The zero-order valence-electron chi connectivity index (χ0n) is 12.9. The highest BCUT2D eigenvalue weighted by Crippen LogP contribution is 2.26. The number of carbonyl (C=O) groups excluding carboxylic acids is 1. The van der Waals surface area contributed by atoms with Gasteiger partial charge in [0.25, 0.3) is 0 Å². The molecule has 0 fully saturated rings. The minimum Gasteiger partial charge on any atom is -0.487 e. The van der Waals surface area contributed by atoms with Crippen LogP contribution in [0.4, 0.5) is 0 Å². The van der Waals surface area contributed by atoms with E-state index in [9.17, 15) is 4.79 Å². The predicted molar refractivity (Wildman–Crippen MR) is 90.5 cm³/mol. The van der Waals surface area contributed by atoms with E-state index in [4.69, 9.17) is 9.47 Å². The predicted octanol–water partition coefficient (Wildman–Crippen LogP) is 3.97. The molecule has 2 heterocycles. The average Bonchev–Trinajstić information content (AvgIpc) is 3.06. The molecule has 118 valence electrons. The van der Waals surface area contributed by atoms with Gasteiger partial charge >= 0.3 is 0 Å². The van der Waals surface area contributed by atoms with Gasteiger partial charge in [-0.05, 0) is 24.3 Å². The van der Waals surface area contributed by atoms with Gasteiger partial charge in [0.1, 0.15) is 12.4 Å². The smallest absolute Gasteiger partial charge is 0.203 e. The third kappa shape index (κ3) is 2.86. The number of pyridine rings is 1. The second-order valence-corrected chi connectivity index (χ2v) is 5.57. The van der Waals surface area contributed by atoms with E-state index in [1.807, 2.05) is 60.7 Å². The van der Waals surface area contributed by atoms with Gasteiger partial charge in [0.15, 0.2) is 6.10 Å². The van der Waals surface area contributed by atoms with Crippen molar-refractivity contribution in [2.75, 3.05) is 0 Å². The van der Waals surface area contributed by atoms with Gasteiger partial charge in [-0.3, -0.25) is 4.79 Å². The molecule has 0 saturated carbocycles. The molecule has 1 aromatic heterocycles. The van der Waals surface area contributed by atoms with Gasteiger partial charge in [0.2, 0.25) is 5.78 Å². The molecule has 0 saturated heterocycles. The molecule has 1 aliphatic rings. The molecule has 1 unspecified atom stereocenters. The standard InChI is InChI=1S/C20H15NO3/c22-19-11-12-23-20(19)15-6-9-17(10-7-15)24-13-16-8-5-14-3-1-2-4-18(14)21-16/h1-12,20H,13H2. The maximum Gasteiger partial charge on any atom is 0.203 e. The minimum absolute atomic E-state index is 0.0379. The highest BCUT2D eigenvalue weighted by molar-refractivity contribution is 5.95. The lowest BCUT2D eigenvalue weighted by Crippen LogP contribution is -2.06. The van der Waals surface area contributed by atoms with Crippen LogP contribution in [0.1, 0.15) is 17.4 Å². The number of hydrogen-bond acceptors (Lipinski definition) is 4. The van der Waals surface area contributed by atoms with Crippen LogP contribution in [-0.4, -0.2) is 10.8 Å². The van der Waals surface area contributed by atoms with E-state index < -0.39 is 6.10 Å². The fraction of sp³-hybridized carbons (Fsp3) is 0.100. The number of rotatable bonds is 4. The zero-order chi connectivity index (χ0) is 16.4. The van der Waals surface area contributed by atoms with Crippen LogP contribution in [0.5, 0.6) is 5.75 Å². The molecule has 2 aromatic carbocycles. The number of ether oxygens (including phenoxy) is 2. The quantitative estimate of drug-likeness (QED) is 0.730. The molecule has 0 spiro atoms.